The lowest BCUT2D eigenvalue weighted by atomic mass is 9.82. The minimum absolute atomic E-state index is 0.238. The zero-order valence-corrected chi connectivity index (χ0v) is 14.0. The Morgan fingerprint density at radius 2 is 1.70 bits per heavy atom. The minimum atomic E-state index is -0.514. The standard InChI is InChI=1S/C18H22O5/c1-5-22-17(19)13-9-8-12-11(3)7-10-14(21-4)15(12)16(13)18(20)23-6-2/h7,10H,5-6,8-9H2,1-4H3. The van der Waals surface area contributed by atoms with E-state index >= 15 is 0 Å². The molecule has 1 aliphatic carbocycles. The number of methoxy groups -OCH3 is 1. The third kappa shape index (κ3) is 3.23. The molecule has 0 spiro atoms. The molecule has 0 bridgehead atoms. The average Bonchev–Trinajstić information content (AvgIpc) is 2.54. The van der Waals surface area contributed by atoms with Gasteiger partial charge in [-0.25, -0.2) is 9.59 Å². The second-order valence-electron chi connectivity index (χ2n) is 5.23. The summed E-state index contributed by atoms with van der Waals surface area (Å²) in [6.45, 7) is 5.96. The maximum atomic E-state index is 12.5. The number of rotatable bonds is 5. The van der Waals surface area contributed by atoms with Crippen molar-refractivity contribution in [2.45, 2.75) is 33.6 Å². The summed E-state index contributed by atoms with van der Waals surface area (Å²) in [5.74, 6) is -0.416. The number of aryl methyl sites for hydroxylation is 1. The van der Waals surface area contributed by atoms with Crippen LogP contribution in [-0.4, -0.2) is 32.3 Å². The van der Waals surface area contributed by atoms with Crippen LogP contribution in [0.4, 0.5) is 0 Å². The van der Waals surface area contributed by atoms with Gasteiger partial charge in [0.05, 0.1) is 31.5 Å². The molecule has 0 fully saturated rings. The van der Waals surface area contributed by atoms with E-state index in [2.05, 4.69) is 0 Å². The largest absolute Gasteiger partial charge is 0.496 e. The van der Waals surface area contributed by atoms with Gasteiger partial charge in [0.1, 0.15) is 5.75 Å². The molecule has 0 saturated carbocycles. The first kappa shape index (κ1) is 17.1. The van der Waals surface area contributed by atoms with Crippen molar-refractivity contribution in [3.63, 3.8) is 0 Å². The Labute approximate surface area is 136 Å². The van der Waals surface area contributed by atoms with Gasteiger partial charge >= 0.3 is 11.9 Å². The van der Waals surface area contributed by atoms with Crippen LogP contribution in [0.3, 0.4) is 0 Å². The minimum Gasteiger partial charge on any atom is -0.496 e. The molecule has 23 heavy (non-hydrogen) atoms. The normalized spacial score (nSPS) is 13.4. The van der Waals surface area contributed by atoms with E-state index in [0.717, 1.165) is 11.1 Å². The van der Waals surface area contributed by atoms with E-state index in [1.165, 1.54) is 0 Å². The third-order valence-corrected chi connectivity index (χ3v) is 3.91. The lowest BCUT2D eigenvalue weighted by Gasteiger charge is -2.24. The highest BCUT2D eigenvalue weighted by molar-refractivity contribution is 6.24. The first-order valence-corrected chi connectivity index (χ1v) is 7.79. The summed E-state index contributed by atoms with van der Waals surface area (Å²) in [4.78, 5) is 24.8. The van der Waals surface area contributed by atoms with Crippen molar-refractivity contribution in [2.75, 3.05) is 20.3 Å². The van der Waals surface area contributed by atoms with Gasteiger partial charge in [0.25, 0.3) is 0 Å². The number of carbonyl (C=O) groups is 2. The summed E-state index contributed by atoms with van der Waals surface area (Å²) in [5.41, 5.74) is 3.36. The molecule has 1 aromatic carbocycles. The number of hydrogen-bond acceptors (Lipinski definition) is 5. The van der Waals surface area contributed by atoms with Crippen molar-refractivity contribution in [3.05, 3.63) is 34.4 Å². The molecule has 0 atom stereocenters. The summed E-state index contributed by atoms with van der Waals surface area (Å²) in [5, 5.41) is 0. The molecule has 0 unspecified atom stereocenters. The van der Waals surface area contributed by atoms with Gasteiger partial charge in [-0.2, -0.15) is 0 Å². The van der Waals surface area contributed by atoms with E-state index in [9.17, 15) is 9.59 Å². The maximum absolute atomic E-state index is 12.5. The zero-order chi connectivity index (χ0) is 17.0. The Balaban J connectivity index is 2.69. The van der Waals surface area contributed by atoms with Crippen LogP contribution in [0.1, 0.15) is 37.0 Å². The first-order valence-electron chi connectivity index (χ1n) is 7.79. The van der Waals surface area contributed by atoms with E-state index in [1.54, 1.807) is 21.0 Å². The second-order valence-corrected chi connectivity index (χ2v) is 5.23. The molecular weight excluding hydrogens is 296 g/mol. The topological polar surface area (TPSA) is 61.8 Å². The van der Waals surface area contributed by atoms with Crippen LogP contribution in [0.15, 0.2) is 17.7 Å². The third-order valence-electron chi connectivity index (χ3n) is 3.91. The van der Waals surface area contributed by atoms with Gasteiger partial charge in [0.15, 0.2) is 0 Å². The number of hydrogen-bond donors (Lipinski definition) is 0. The number of carbonyl (C=O) groups excluding carboxylic acids is 2. The van der Waals surface area contributed by atoms with Crippen molar-refractivity contribution in [3.8, 4) is 5.75 Å². The monoisotopic (exact) mass is 318 g/mol. The fraction of sp³-hybridized carbons (Fsp3) is 0.444. The molecule has 5 nitrogen and oxygen atoms in total. The molecule has 2 rings (SSSR count). The Bertz CT molecular complexity index is 658. The lowest BCUT2D eigenvalue weighted by molar-refractivity contribution is -0.140. The van der Waals surface area contributed by atoms with Gasteiger partial charge in [-0.3, -0.25) is 0 Å². The van der Waals surface area contributed by atoms with Crippen molar-refractivity contribution in [2.24, 2.45) is 0 Å². The Morgan fingerprint density at radius 1 is 1.04 bits per heavy atom. The van der Waals surface area contributed by atoms with Gasteiger partial charge in [0, 0.05) is 5.56 Å². The highest BCUT2D eigenvalue weighted by Crippen LogP contribution is 2.40. The predicted molar refractivity (Wildman–Crippen MR) is 86.2 cm³/mol. The van der Waals surface area contributed by atoms with Crippen LogP contribution in [0.2, 0.25) is 0 Å². The summed E-state index contributed by atoms with van der Waals surface area (Å²) in [7, 11) is 1.55. The molecule has 0 N–H and O–H groups in total. The highest BCUT2D eigenvalue weighted by Gasteiger charge is 2.32. The van der Waals surface area contributed by atoms with Crippen LogP contribution in [0.5, 0.6) is 5.75 Å². The van der Waals surface area contributed by atoms with E-state index in [-0.39, 0.29) is 18.8 Å². The Morgan fingerprint density at radius 3 is 2.30 bits per heavy atom. The molecular formula is C18H22O5. The smallest absolute Gasteiger partial charge is 0.339 e. The van der Waals surface area contributed by atoms with Crippen molar-refractivity contribution in [1.82, 2.24) is 0 Å². The molecule has 124 valence electrons. The van der Waals surface area contributed by atoms with Crippen molar-refractivity contribution < 1.29 is 23.8 Å². The molecule has 0 amide bonds. The van der Waals surface area contributed by atoms with Gasteiger partial charge in [-0.15, -0.1) is 0 Å². The predicted octanol–water partition coefficient (Wildman–Crippen LogP) is 2.83. The number of benzene rings is 1. The second kappa shape index (κ2) is 7.31. The van der Waals surface area contributed by atoms with E-state index in [4.69, 9.17) is 14.2 Å². The van der Waals surface area contributed by atoms with E-state index in [1.807, 2.05) is 19.1 Å². The van der Waals surface area contributed by atoms with Crippen LogP contribution in [-0.2, 0) is 25.5 Å². The molecule has 1 aliphatic rings. The zero-order valence-electron chi connectivity index (χ0n) is 14.0. The van der Waals surface area contributed by atoms with Gasteiger partial charge < -0.3 is 14.2 Å². The number of esters is 2. The summed E-state index contributed by atoms with van der Waals surface area (Å²) < 4.78 is 15.7. The van der Waals surface area contributed by atoms with Crippen LogP contribution in [0.25, 0.3) is 5.57 Å². The number of fused-ring (bicyclic) bond motifs is 1. The SMILES string of the molecule is CCOC(=O)C1=C(C(=O)OCC)c2c(OC)ccc(C)c2CC1. The van der Waals surface area contributed by atoms with Crippen LogP contribution < -0.4 is 4.74 Å². The molecule has 0 saturated heterocycles. The van der Waals surface area contributed by atoms with Gasteiger partial charge in [-0.1, -0.05) is 6.07 Å². The van der Waals surface area contributed by atoms with Gasteiger partial charge in [-0.05, 0) is 50.8 Å². The molecule has 1 aromatic rings. The van der Waals surface area contributed by atoms with Crippen LogP contribution >= 0.6 is 0 Å². The summed E-state index contributed by atoms with van der Waals surface area (Å²) in [6.07, 6.45) is 1.11. The van der Waals surface area contributed by atoms with E-state index < -0.39 is 11.9 Å². The van der Waals surface area contributed by atoms with Crippen molar-refractivity contribution in [1.29, 1.82) is 0 Å². The fourth-order valence-electron chi connectivity index (χ4n) is 2.87. The molecule has 0 aliphatic heterocycles. The first-order chi connectivity index (χ1) is 11.0. The quantitative estimate of drug-likeness (QED) is 0.781. The molecule has 0 heterocycles. The lowest BCUT2D eigenvalue weighted by Crippen LogP contribution is -2.21. The van der Waals surface area contributed by atoms with Gasteiger partial charge in [0.2, 0.25) is 0 Å². The van der Waals surface area contributed by atoms with E-state index in [0.29, 0.717) is 29.7 Å². The Kier molecular flexibility index (Phi) is 5.42. The number of ether oxygens (including phenoxy) is 3. The fourth-order valence-corrected chi connectivity index (χ4v) is 2.87. The molecule has 5 heteroatoms. The molecule has 0 aromatic heterocycles. The van der Waals surface area contributed by atoms with Crippen LogP contribution in [0, 0.1) is 6.92 Å². The summed E-state index contributed by atoms with van der Waals surface area (Å²) in [6, 6.07) is 3.76. The summed E-state index contributed by atoms with van der Waals surface area (Å²) >= 11 is 0. The maximum Gasteiger partial charge on any atom is 0.339 e. The van der Waals surface area contributed by atoms with Crippen molar-refractivity contribution >= 4 is 17.5 Å². The Hall–Kier alpha value is -2.30. The molecule has 0 radical (unpaired) electrons. The highest BCUT2D eigenvalue weighted by atomic mass is 16.5. The average molecular weight is 318 g/mol.